The number of nitro groups is 1. The van der Waals surface area contributed by atoms with Gasteiger partial charge in [-0.05, 0) is 18.2 Å². The lowest BCUT2D eigenvalue weighted by molar-refractivity contribution is -0.386. The fraction of sp³-hybridized carbons (Fsp3) is 0. The molecule has 0 saturated carbocycles. The van der Waals surface area contributed by atoms with Crippen molar-refractivity contribution in [2.45, 2.75) is 0 Å². The molecule has 1 heterocycles. The van der Waals surface area contributed by atoms with E-state index in [1.165, 1.54) is 12.3 Å². The molecule has 2 aromatic rings. The summed E-state index contributed by atoms with van der Waals surface area (Å²) in [7, 11) is 0. The average molecular weight is 278 g/mol. The molecule has 1 aromatic carbocycles. The molecule has 0 atom stereocenters. The summed E-state index contributed by atoms with van der Waals surface area (Å²) in [6.45, 7) is 0. The third-order valence-electron chi connectivity index (χ3n) is 2.33. The van der Waals surface area contributed by atoms with Gasteiger partial charge in [0.05, 0.1) is 4.92 Å². The molecule has 0 spiro atoms. The summed E-state index contributed by atoms with van der Waals surface area (Å²) in [5, 5.41) is 19.7. The lowest BCUT2D eigenvalue weighted by Gasteiger charge is -2.07. The Hall–Kier alpha value is -3.03. The zero-order valence-corrected chi connectivity index (χ0v) is 9.82. The van der Waals surface area contributed by atoms with Crippen LogP contribution in [0, 0.1) is 15.9 Å². The van der Waals surface area contributed by atoms with Gasteiger partial charge < -0.3 is 9.84 Å². The molecule has 1 N–H and O–H groups in total. The zero-order chi connectivity index (χ0) is 14.7. The van der Waals surface area contributed by atoms with Crippen molar-refractivity contribution in [2.24, 2.45) is 0 Å². The van der Waals surface area contributed by atoms with Crippen molar-refractivity contribution < 1.29 is 24.0 Å². The van der Waals surface area contributed by atoms with Gasteiger partial charge in [0.15, 0.2) is 0 Å². The number of halogens is 1. The second kappa shape index (κ2) is 5.31. The highest BCUT2D eigenvalue weighted by atomic mass is 19.1. The summed E-state index contributed by atoms with van der Waals surface area (Å²) in [6.07, 6.45) is 1.24. The molecule has 0 amide bonds. The van der Waals surface area contributed by atoms with E-state index < -0.39 is 28.3 Å². The molecule has 0 radical (unpaired) electrons. The standard InChI is InChI=1S/C12H7FN2O5/c13-7-3-4-8(12(16)17)10(6-7)20-11-9(15(18)19)2-1-5-14-11/h1-6H,(H,16,17). The fourth-order valence-electron chi connectivity index (χ4n) is 1.46. The maximum absolute atomic E-state index is 13.1. The molecule has 7 nitrogen and oxygen atoms in total. The number of carboxylic acids is 1. The van der Waals surface area contributed by atoms with E-state index in [-0.39, 0.29) is 11.3 Å². The number of aromatic carboxylic acids is 1. The van der Waals surface area contributed by atoms with Crippen molar-refractivity contribution in [3.63, 3.8) is 0 Å². The first-order valence-electron chi connectivity index (χ1n) is 5.29. The first kappa shape index (κ1) is 13.4. The summed E-state index contributed by atoms with van der Waals surface area (Å²) in [6, 6.07) is 5.24. The Balaban J connectivity index is 2.47. The predicted molar refractivity (Wildman–Crippen MR) is 64.3 cm³/mol. The van der Waals surface area contributed by atoms with Gasteiger partial charge in [-0.3, -0.25) is 10.1 Å². The van der Waals surface area contributed by atoms with Crippen LogP contribution in [0.4, 0.5) is 10.1 Å². The number of ether oxygens (including phenoxy) is 1. The van der Waals surface area contributed by atoms with Gasteiger partial charge in [0.2, 0.25) is 0 Å². The second-order valence-electron chi connectivity index (χ2n) is 3.63. The van der Waals surface area contributed by atoms with E-state index in [0.29, 0.717) is 0 Å². The number of pyridine rings is 1. The molecule has 1 aromatic heterocycles. The van der Waals surface area contributed by atoms with Crippen LogP contribution in [0.5, 0.6) is 11.6 Å². The van der Waals surface area contributed by atoms with Crippen LogP contribution in [-0.4, -0.2) is 21.0 Å². The molecule has 0 aliphatic rings. The fourth-order valence-corrected chi connectivity index (χ4v) is 1.46. The quantitative estimate of drug-likeness (QED) is 0.681. The molecule has 0 fully saturated rings. The first-order valence-corrected chi connectivity index (χ1v) is 5.29. The molecular formula is C12H7FN2O5. The third kappa shape index (κ3) is 2.69. The Kier molecular flexibility index (Phi) is 3.56. The summed E-state index contributed by atoms with van der Waals surface area (Å²) in [5.41, 5.74) is -0.778. The van der Waals surface area contributed by atoms with Gasteiger partial charge in [0, 0.05) is 18.3 Å². The van der Waals surface area contributed by atoms with Gasteiger partial charge in [0.1, 0.15) is 17.1 Å². The third-order valence-corrected chi connectivity index (χ3v) is 2.33. The number of nitrogens with zero attached hydrogens (tertiary/aromatic N) is 2. The number of rotatable bonds is 4. The van der Waals surface area contributed by atoms with Crippen molar-refractivity contribution in [3.8, 4) is 11.6 Å². The van der Waals surface area contributed by atoms with Crippen LogP contribution >= 0.6 is 0 Å². The highest BCUT2D eigenvalue weighted by Gasteiger charge is 2.20. The topological polar surface area (TPSA) is 103 Å². The molecule has 2 rings (SSSR count). The van der Waals surface area contributed by atoms with Crippen molar-refractivity contribution in [2.75, 3.05) is 0 Å². The van der Waals surface area contributed by atoms with Gasteiger partial charge in [0.25, 0.3) is 5.88 Å². The Morgan fingerprint density at radius 1 is 1.40 bits per heavy atom. The zero-order valence-electron chi connectivity index (χ0n) is 9.82. The van der Waals surface area contributed by atoms with Gasteiger partial charge in [-0.15, -0.1) is 0 Å². The average Bonchev–Trinajstić information content (AvgIpc) is 2.38. The van der Waals surface area contributed by atoms with Gasteiger partial charge >= 0.3 is 11.7 Å². The maximum Gasteiger partial charge on any atom is 0.339 e. The van der Waals surface area contributed by atoms with Crippen LogP contribution < -0.4 is 4.74 Å². The number of benzene rings is 1. The monoisotopic (exact) mass is 278 g/mol. The molecule has 8 heteroatoms. The second-order valence-corrected chi connectivity index (χ2v) is 3.63. The summed E-state index contributed by atoms with van der Waals surface area (Å²) in [4.78, 5) is 24.7. The minimum atomic E-state index is -1.35. The summed E-state index contributed by atoms with van der Waals surface area (Å²) < 4.78 is 18.2. The highest BCUT2D eigenvalue weighted by molar-refractivity contribution is 5.91. The highest BCUT2D eigenvalue weighted by Crippen LogP contribution is 2.31. The molecule has 20 heavy (non-hydrogen) atoms. The molecule has 102 valence electrons. The summed E-state index contributed by atoms with van der Waals surface area (Å²) >= 11 is 0. The largest absolute Gasteiger partial charge is 0.478 e. The molecule has 0 unspecified atom stereocenters. The first-order chi connectivity index (χ1) is 9.49. The van der Waals surface area contributed by atoms with Crippen LogP contribution in [0.1, 0.15) is 10.4 Å². The van der Waals surface area contributed by atoms with Crippen LogP contribution in [0.15, 0.2) is 36.5 Å². The van der Waals surface area contributed by atoms with Crippen LogP contribution in [-0.2, 0) is 0 Å². The lowest BCUT2D eigenvalue weighted by Crippen LogP contribution is -2.02. The molecular weight excluding hydrogens is 271 g/mol. The summed E-state index contributed by atoms with van der Waals surface area (Å²) in [5.74, 6) is -2.85. The van der Waals surface area contributed by atoms with Gasteiger partial charge in [-0.25, -0.2) is 14.2 Å². The molecule has 0 bridgehead atoms. The van der Waals surface area contributed by atoms with Gasteiger partial charge in [-0.1, -0.05) is 0 Å². The van der Waals surface area contributed by atoms with Crippen molar-refractivity contribution >= 4 is 11.7 Å². The van der Waals surface area contributed by atoms with E-state index in [1.54, 1.807) is 0 Å². The number of hydrogen-bond acceptors (Lipinski definition) is 5. The van der Waals surface area contributed by atoms with E-state index in [9.17, 15) is 19.3 Å². The van der Waals surface area contributed by atoms with Crippen molar-refractivity contribution in [3.05, 3.63) is 58.0 Å². The predicted octanol–water partition coefficient (Wildman–Crippen LogP) is 2.62. The van der Waals surface area contributed by atoms with Crippen LogP contribution in [0.25, 0.3) is 0 Å². The van der Waals surface area contributed by atoms with E-state index >= 15 is 0 Å². The maximum atomic E-state index is 13.1. The lowest BCUT2D eigenvalue weighted by atomic mass is 10.2. The van der Waals surface area contributed by atoms with Crippen LogP contribution in [0.2, 0.25) is 0 Å². The molecule has 0 aliphatic heterocycles. The number of hydrogen-bond donors (Lipinski definition) is 1. The SMILES string of the molecule is O=C(O)c1ccc(F)cc1Oc1ncccc1[N+](=O)[O-]. The Morgan fingerprint density at radius 3 is 2.80 bits per heavy atom. The Morgan fingerprint density at radius 2 is 2.15 bits per heavy atom. The molecule has 0 aliphatic carbocycles. The minimum Gasteiger partial charge on any atom is -0.478 e. The van der Waals surface area contributed by atoms with Crippen LogP contribution in [0.3, 0.4) is 0 Å². The normalized spacial score (nSPS) is 10.1. The van der Waals surface area contributed by atoms with Crippen molar-refractivity contribution in [1.82, 2.24) is 4.98 Å². The number of carboxylic acid groups (broad SMARTS) is 1. The molecule has 0 saturated heterocycles. The Bertz CT molecular complexity index is 689. The minimum absolute atomic E-state index is 0.327. The van der Waals surface area contributed by atoms with Crippen molar-refractivity contribution in [1.29, 1.82) is 0 Å². The number of aromatic nitrogens is 1. The van der Waals surface area contributed by atoms with E-state index in [1.807, 2.05) is 0 Å². The van der Waals surface area contributed by atoms with E-state index in [0.717, 1.165) is 24.3 Å². The number of carbonyl (C=O) groups is 1. The Labute approximate surface area is 111 Å². The smallest absolute Gasteiger partial charge is 0.339 e. The van der Waals surface area contributed by atoms with Gasteiger partial charge in [-0.2, -0.15) is 0 Å². The van der Waals surface area contributed by atoms with E-state index in [2.05, 4.69) is 4.98 Å². The van der Waals surface area contributed by atoms with E-state index in [4.69, 9.17) is 9.84 Å².